The maximum absolute atomic E-state index is 10.8. The molecule has 1 aromatic rings. The lowest BCUT2D eigenvalue weighted by atomic mass is 10.7. The Morgan fingerprint density at radius 2 is 2.36 bits per heavy atom. The van der Waals surface area contributed by atoms with Crippen LogP contribution in [-0.2, 0) is 0 Å². The van der Waals surface area contributed by atoms with Gasteiger partial charge < -0.3 is 0 Å². The number of hydrogen-bond acceptors (Lipinski definition) is 5. The van der Waals surface area contributed by atoms with Crippen LogP contribution >= 0.6 is 11.3 Å². The molecule has 4 nitrogen and oxygen atoms in total. The van der Waals surface area contributed by atoms with Gasteiger partial charge in [0.15, 0.2) is 0 Å². The number of anilines is 1. The summed E-state index contributed by atoms with van der Waals surface area (Å²) >= 11 is 1.09. The molecular weight excluding hydrogens is 162 g/mol. The molecule has 1 rings (SSSR count). The van der Waals surface area contributed by atoms with Gasteiger partial charge in [-0.3, -0.25) is 10.2 Å². The lowest BCUT2D eigenvalue weighted by Crippen LogP contribution is -2.20. The quantitative estimate of drug-likeness (QED) is 0.654. The summed E-state index contributed by atoms with van der Waals surface area (Å²) in [5.74, 6) is 0. The lowest BCUT2D eigenvalue weighted by Gasteiger charge is -2.10. The van der Waals surface area contributed by atoms with Gasteiger partial charge in [-0.2, -0.15) is 0 Å². The number of nitrogens with zero attached hydrogens (tertiary/aromatic N) is 2. The fourth-order valence-corrected chi connectivity index (χ4v) is 1.23. The molecule has 0 aliphatic heterocycles. The highest BCUT2D eigenvalue weighted by Crippen LogP contribution is 2.03. The second-order valence-corrected chi connectivity index (χ2v) is 3.17. The van der Waals surface area contributed by atoms with E-state index in [1.54, 1.807) is 5.01 Å². The summed E-state index contributed by atoms with van der Waals surface area (Å²) in [6, 6.07) is 1.44. The van der Waals surface area contributed by atoms with Crippen molar-refractivity contribution in [2.24, 2.45) is 0 Å². The highest BCUT2D eigenvalue weighted by atomic mass is 32.1. The maximum Gasteiger partial charge on any atom is 0.237 e. The second-order valence-electron chi connectivity index (χ2n) is 2.18. The number of nitrogens with one attached hydrogen (secondary N) is 1. The van der Waals surface area contributed by atoms with E-state index in [0.717, 1.165) is 11.3 Å². The van der Waals surface area contributed by atoms with E-state index >= 15 is 0 Å². The normalized spacial score (nSPS) is 10.1. The predicted octanol–water partition coefficient (Wildman–Crippen LogP) is 0.392. The number of hydrogen-bond donors (Lipinski definition) is 1. The van der Waals surface area contributed by atoms with Crippen LogP contribution in [0.25, 0.3) is 0 Å². The monoisotopic (exact) mass is 171 g/mol. The Kier molecular flexibility index (Phi) is 2.56. The molecule has 5 heteroatoms. The van der Waals surface area contributed by atoms with Gasteiger partial charge in [0.05, 0.1) is 0 Å². The van der Waals surface area contributed by atoms with Crippen molar-refractivity contribution in [3.63, 3.8) is 0 Å². The van der Waals surface area contributed by atoms with Gasteiger partial charge in [0.1, 0.15) is 0 Å². The predicted molar refractivity (Wildman–Crippen MR) is 45.7 cm³/mol. The van der Waals surface area contributed by atoms with Crippen LogP contribution in [0.1, 0.15) is 0 Å². The summed E-state index contributed by atoms with van der Waals surface area (Å²) in [5.41, 5.74) is 2.89. The Balaban J connectivity index is 2.80. The summed E-state index contributed by atoms with van der Waals surface area (Å²) in [5, 5.41) is 2.35. The number of aromatic nitrogens is 1. The van der Waals surface area contributed by atoms with E-state index in [0.29, 0.717) is 5.13 Å². The van der Waals surface area contributed by atoms with Crippen LogP contribution in [0.5, 0.6) is 0 Å². The lowest BCUT2D eigenvalue weighted by molar-refractivity contribution is 0.494. The largest absolute Gasteiger partial charge is 0.295 e. The Morgan fingerprint density at radius 3 is 2.91 bits per heavy atom. The van der Waals surface area contributed by atoms with Crippen molar-refractivity contribution in [2.75, 3.05) is 19.5 Å². The molecular formula is C6H9N3OS. The summed E-state index contributed by atoms with van der Waals surface area (Å²) in [4.78, 5) is 14.7. The third-order valence-electron chi connectivity index (χ3n) is 0.919. The molecule has 0 fully saturated rings. The van der Waals surface area contributed by atoms with Crippen LogP contribution in [0, 0.1) is 0 Å². The molecule has 1 heterocycles. The van der Waals surface area contributed by atoms with E-state index in [4.69, 9.17) is 0 Å². The van der Waals surface area contributed by atoms with Crippen molar-refractivity contribution < 1.29 is 0 Å². The van der Waals surface area contributed by atoms with Crippen molar-refractivity contribution >= 4 is 16.5 Å². The molecule has 0 amide bonds. The van der Waals surface area contributed by atoms with E-state index in [2.05, 4.69) is 10.4 Å². The summed E-state index contributed by atoms with van der Waals surface area (Å²) < 4.78 is 0.00403. The zero-order valence-corrected chi connectivity index (χ0v) is 7.18. The van der Waals surface area contributed by atoms with Crippen LogP contribution in [0.15, 0.2) is 17.1 Å². The molecule has 0 spiro atoms. The molecule has 0 aliphatic carbocycles. The minimum Gasteiger partial charge on any atom is -0.295 e. The minimum atomic E-state index is 0.00403. The molecule has 0 saturated heterocycles. The van der Waals surface area contributed by atoms with Crippen LogP contribution < -0.4 is 10.2 Å². The van der Waals surface area contributed by atoms with Gasteiger partial charge in [-0.25, -0.2) is 9.99 Å². The van der Waals surface area contributed by atoms with Crippen molar-refractivity contribution in [1.29, 1.82) is 0 Å². The zero-order valence-electron chi connectivity index (χ0n) is 6.37. The first kappa shape index (κ1) is 8.16. The van der Waals surface area contributed by atoms with Gasteiger partial charge in [0.2, 0.25) is 9.87 Å². The first-order valence-electron chi connectivity index (χ1n) is 3.08. The number of rotatable bonds is 2. The average molecular weight is 171 g/mol. The molecule has 0 aliphatic rings. The molecule has 0 saturated carbocycles. The fourth-order valence-electron chi connectivity index (χ4n) is 0.564. The van der Waals surface area contributed by atoms with Gasteiger partial charge >= 0.3 is 0 Å². The maximum atomic E-state index is 10.8. The van der Waals surface area contributed by atoms with Crippen molar-refractivity contribution in [3.05, 3.63) is 21.8 Å². The van der Waals surface area contributed by atoms with E-state index in [9.17, 15) is 4.79 Å². The summed E-state index contributed by atoms with van der Waals surface area (Å²) in [7, 11) is 3.68. The number of hydrazine groups is 1. The van der Waals surface area contributed by atoms with Crippen molar-refractivity contribution in [2.45, 2.75) is 0 Å². The van der Waals surface area contributed by atoms with E-state index in [1.807, 2.05) is 14.1 Å². The molecule has 0 radical (unpaired) electrons. The molecule has 0 atom stereocenters. The zero-order chi connectivity index (χ0) is 8.27. The molecule has 11 heavy (non-hydrogen) atoms. The summed E-state index contributed by atoms with van der Waals surface area (Å²) in [6.07, 6.45) is 1.49. The fraction of sp³-hybridized carbons (Fsp3) is 0.333. The van der Waals surface area contributed by atoms with Crippen molar-refractivity contribution in [3.8, 4) is 0 Å². The van der Waals surface area contributed by atoms with Gasteiger partial charge in [-0.05, 0) is 0 Å². The highest BCUT2D eigenvalue weighted by Gasteiger charge is 1.94. The molecule has 60 valence electrons. The molecule has 0 bridgehead atoms. The first-order valence-corrected chi connectivity index (χ1v) is 3.90. The average Bonchev–Trinajstić information content (AvgIpc) is 1.85. The SMILES string of the molecule is CN(C)Nc1nccc(=O)s1. The first-order chi connectivity index (χ1) is 5.18. The Labute approximate surface area is 68.5 Å². The minimum absolute atomic E-state index is 0.00403. The van der Waals surface area contributed by atoms with Crippen LogP contribution in [0.4, 0.5) is 5.13 Å². The smallest absolute Gasteiger partial charge is 0.237 e. The standard InChI is InChI=1S/C6H9N3OS/c1-9(2)8-6-7-4-3-5(10)11-6/h3-4H,1-2H3,(H,7,8). The van der Waals surface area contributed by atoms with Gasteiger partial charge in [0.25, 0.3) is 0 Å². The van der Waals surface area contributed by atoms with Crippen LogP contribution in [0.3, 0.4) is 0 Å². The van der Waals surface area contributed by atoms with Gasteiger partial charge in [-0.1, -0.05) is 11.3 Å². The van der Waals surface area contributed by atoms with E-state index < -0.39 is 0 Å². The topological polar surface area (TPSA) is 45.2 Å². The van der Waals surface area contributed by atoms with Crippen LogP contribution in [-0.4, -0.2) is 24.1 Å². The molecule has 1 aromatic heterocycles. The third kappa shape index (κ3) is 2.65. The summed E-state index contributed by atoms with van der Waals surface area (Å²) in [6.45, 7) is 0. The second kappa shape index (κ2) is 3.45. The Morgan fingerprint density at radius 1 is 1.64 bits per heavy atom. The Hall–Kier alpha value is -0.940. The highest BCUT2D eigenvalue weighted by molar-refractivity contribution is 7.12. The molecule has 1 N–H and O–H groups in total. The van der Waals surface area contributed by atoms with Gasteiger partial charge in [0, 0.05) is 26.4 Å². The van der Waals surface area contributed by atoms with Crippen LogP contribution in [0.2, 0.25) is 0 Å². The molecule has 0 unspecified atom stereocenters. The van der Waals surface area contributed by atoms with Gasteiger partial charge in [-0.15, -0.1) is 0 Å². The van der Waals surface area contributed by atoms with Crippen molar-refractivity contribution in [1.82, 2.24) is 9.99 Å². The van der Waals surface area contributed by atoms with E-state index in [1.165, 1.54) is 12.3 Å². The Bertz CT molecular complexity index is 283. The van der Waals surface area contributed by atoms with E-state index in [-0.39, 0.29) is 4.74 Å². The third-order valence-corrected chi connectivity index (χ3v) is 1.65. The molecule has 0 aromatic carbocycles.